The number of ketones is 2. The van der Waals surface area contributed by atoms with Gasteiger partial charge in [-0.2, -0.15) is 0 Å². The standard InChI is InChI=1S/C21H30O4/c1-2-3-4-5-6-7-8-9-10-11-14-25-16-12-13-17-18(15-16)20(23)21(24)19(17)22/h12-13,15,21,24H,2-11,14H2,1H3. The Labute approximate surface area is 150 Å². The minimum Gasteiger partial charge on any atom is -0.494 e. The first-order valence-electron chi connectivity index (χ1n) is 9.68. The second-order valence-corrected chi connectivity index (χ2v) is 6.87. The molecule has 1 aromatic carbocycles. The van der Waals surface area contributed by atoms with Crippen LogP contribution in [0.2, 0.25) is 0 Å². The van der Waals surface area contributed by atoms with Gasteiger partial charge in [-0.05, 0) is 24.6 Å². The second-order valence-electron chi connectivity index (χ2n) is 6.87. The van der Waals surface area contributed by atoms with E-state index >= 15 is 0 Å². The first-order valence-corrected chi connectivity index (χ1v) is 9.68. The fourth-order valence-corrected chi connectivity index (χ4v) is 3.23. The summed E-state index contributed by atoms with van der Waals surface area (Å²) in [4.78, 5) is 23.5. The van der Waals surface area contributed by atoms with Crippen LogP contribution < -0.4 is 4.74 Å². The minimum atomic E-state index is -1.53. The van der Waals surface area contributed by atoms with Gasteiger partial charge in [0, 0.05) is 11.1 Å². The van der Waals surface area contributed by atoms with E-state index in [-0.39, 0.29) is 5.56 Å². The van der Waals surface area contributed by atoms with Crippen molar-refractivity contribution in [1.82, 2.24) is 0 Å². The zero-order valence-electron chi connectivity index (χ0n) is 15.3. The van der Waals surface area contributed by atoms with Crippen molar-refractivity contribution in [2.24, 2.45) is 0 Å². The molecule has 0 fully saturated rings. The molecule has 0 aromatic heterocycles. The molecule has 4 heteroatoms. The molecule has 0 amide bonds. The van der Waals surface area contributed by atoms with Gasteiger partial charge in [-0.1, -0.05) is 64.7 Å². The van der Waals surface area contributed by atoms with E-state index in [0.717, 1.165) is 12.8 Å². The molecule has 1 aromatic rings. The van der Waals surface area contributed by atoms with Gasteiger partial charge in [-0.15, -0.1) is 0 Å². The van der Waals surface area contributed by atoms with E-state index in [2.05, 4.69) is 6.92 Å². The number of hydrogen-bond acceptors (Lipinski definition) is 4. The molecule has 0 saturated carbocycles. The number of carbonyl (C=O) groups excluding carboxylic acids is 2. The van der Waals surface area contributed by atoms with Crippen molar-refractivity contribution in [2.75, 3.05) is 6.61 Å². The highest BCUT2D eigenvalue weighted by atomic mass is 16.5. The quantitative estimate of drug-likeness (QED) is 0.439. The SMILES string of the molecule is CCCCCCCCCCCCOc1ccc2c(c1)C(=O)C(O)C2=O. The van der Waals surface area contributed by atoms with Crippen LogP contribution in [0.25, 0.3) is 0 Å². The van der Waals surface area contributed by atoms with Crippen LogP contribution in [-0.4, -0.2) is 29.4 Å². The summed E-state index contributed by atoms with van der Waals surface area (Å²) in [6.45, 7) is 2.85. The predicted octanol–water partition coefficient (Wildman–Crippen LogP) is 4.73. The molecule has 0 aliphatic heterocycles. The Balaban J connectivity index is 1.58. The van der Waals surface area contributed by atoms with Gasteiger partial charge >= 0.3 is 0 Å². The number of aliphatic hydroxyl groups excluding tert-OH is 1. The van der Waals surface area contributed by atoms with Gasteiger partial charge < -0.3 is 9.84 Å². The third-order valence-electron chi connectivity index (χ3n) is 4.79. The third kappa shape index (κ3) is 5.67. The monoisotopic (exact) mass is 346 g/mol. The van der Waals surface area contributed by atoms with Crippen LogP contribution in [0.5, 0.6) is 5.75 Å². The highest BCUT2D eigenvalue weighted by Gasteiger charge is 2.37. The molecule has 0 saturated heterocycles. The summed E-state index contributed by atoms with van der Waals surface area (Å²) in [5, 5.41) is 9.52. The van der Waals surface area contributed by atoms with Gasteiger partial charge in [0.1, 0.15) is 5.75 Å². The molecule has 25 heavy (non-hydrogen) atoms. The summed E-state index contributed by atoms with van der Waals surface area (Å²) in [5.74, 6) is -0.449. The van der Waals surface area contributed by atoms with Crippen LogP contribution in [0, 0.1) is 0 Å². The molecule has 138 valence electrons. The van der Waals surface area contributed by atoms with Gasteiger partial charge in [0.2, 0.25) is 0 Å². The first kappa shape index (κ1) is 19.6. The molecule has 1 atom stereocenters. The van der Waals surface area contributed by atoms with Gasteiger partial charge in [-0.3, -0.25) is 9.59 Å². The van der Waals surface area contributed by atoms with Gasteiger partial charge in [-0.25, -0.2) is 0 Å². The highest BCUT2D eigenvalue weighted by Crippen LogP contribution is 2.26. The van der Waals surface area contributed by atoms with Crippen LogP contribution in [-0.2, 0) is 0 Å². The molecular formula is C21H30O4. The summed E-state index contributed by atoms with van der Waals surface area (Å²) in [7, 11) is 0. The molecule has 0 heterocycles. The Hall–Kier alpha value is -1.68. The lowest BCUT2D eigenvalue weighted by molar-refractivity contribution is 0.0663. The van der Waals surface area contributed by atoms with Crippen molar-refractivity contribution < 1.29 is 19.4 Å². The molecule has 1 aliphatic rings. The Bertz CT molecular complexity index is 579. The molecule has 1 unspecified atom stereocenters. The van der Waals surface area contributed by atoms with Crippen molar-refractivity contribution in [3.05, 3.63) is 29.3 Å². The maximum Gasteiger partial charge on any atom is 0.200 e. The Kier molecular flexibility index (Phi) is 8.13. The lowest BCUT2D eigenvalue weighted by Crippen LogP contribution is -2.20. The zero-order valence-corrected chi connectivity index (χ0v) is 15.3. The summed E-state index contributed by atoms with van der Waals surface area (Å²) in [5.41, 5.74) is 0.571. The van der Waals surface area contributed by atoms with E-state index in [9.17, 15) is 14.7 Å². The maximum absolute atomic E-state index is 11.8. The zero-order chi connectivity index (χ0) is 18.1. The number of unbranched alkanes of at least 4 members (excludes halogenated alkanes) is 9. The van der Waals surface area contributed by atoms with Crippen LogP contribution >= 0.6 is 0 Å². The Morgan fingerprint density at radius 1 is 0.840 bits per heavy atom. The number of rotatable bonds is 12. The maximum atomic E-state index is 11.8. The number of ether oxygens (including phenoxy) is 1. The van der Waals surface area contributed by atoms with E-state index in [4.69, 9.17) is 4.74 Å². The molecule has 4 nitrogen and oxygen atoms in total. The molecule has 0 radical (unpaired) electrons. The van der Waals surface area contributed by atoms with Gasteiger partial charge in [0.05, 0.1) is 6.61 Å². The van der Waals surface area contributed by atoms with E-state index in [1.165, 1.54) is 51.4 Å². The first-order chi connectivity index (χ1) is 12.1. The summed E-state index contributed by atoms with van der Waals surface area (Å²) < 4.78 is 5.68. The molecule has 1 N–H and O–H groups in total. The fraction of sp³-hybridized carbons (Fsp3) is 0.619. The van der Waals surface area contributed by atoms with Crippen LogP contribution in [0.1, 0.15) is 91.8 Å². The number of aliphatic hydroxyl groups is 1. The van der Waals surface area contributed by atoms with E-state index in [0.29, 0.717) is 17.9 Å². The number of carbonyl (C=O) groups is 2. The molecule has 1 aliphatic carbocycles. The average Bonchev–Trinajstić information content (AvgIpc) is 2.84. The van der Waals surface area contributed by atoms with E-state index < -0.39 is 17.7 Å². The summed E-state index contributed by atoms with van der Waals surface area (Å²) >= 11 is 0. The number of Topliss-reactive ketones (excluding diaryl/α,β-unsaturated/α-hetero) is 2. The fourth-order valence-electron chi connectivity index (χ4n) is 3.23. The average molecular weight is 346 g/mol. The molecule has 0 bridgehead atoms. The summed E-state index contributed by atoms with van der Waals surface area (Å²) in [6, 6.07) is 4.83. The van der Waals surface area contributed by atoms with Crippen LogP contribution in [0.4, 0.5) is 0 Å². The smallest absolute Gasteiger partial charge is 0.200 e. The summed E-state index contributed by atoms with van der Waals surface area (Å²) in [6.07, 6.45) is 11.2. The number of fused-ring (bicyclic) bond motifs is 1. The third-order valence-corrected chi connectivity index (χ3v) is 4.79. The highest BCUT2D eigenvalue weighted by molar-refractivity contribution is 6.28. The normalized spacial score (nSPS) is 16.3. The Morgan fingerprint density at radius 3 is 2.04 bits per heavy atom. The van der Waals surface area contributed by atoms with Crippen molar-refractivity contribution in [2.45, 2.75) is 77.2 Å². The second kappa shape index (κ2) is 10.3. The number of hydrogen-bond donors (Lipinski definition) is 1. The van der Waals surface area contributed by atoms with Crippen molar-refractivity contribution >= 4 is 11.6 Å². The lowest BCUT2D eigenvalue weighted by atomic mass is 10.1. The topological polar surface area (TPSA) is 63.6 Å². The van der Waals surface area contributed by atoms with E-state index in [1.807, 2.05) is 0 Å². The van der Waals surface area contributed by atoms with E-state index in [1.54, 1.807) is 18.2 Å². The van der Waals surface area contributed by atoms with Crippen molar-refractivity contribution in [3.63, 3.8) is 0 Å². The predicted molar refractivity (Wildman–Crippen MR) is 98.4 cm³/mol. The molecule has 2 rings (SSSR count). The lowest BCUT2D eigenvalue weighted by Gasteiger charge is -2.07. The van der Waals surface area contributed by atoms with Crippen molar-refractivity contribution in [3.8, 4) is 5.75 Å². The van der Waals surface area contributed by atoms with Gasteiger partial charge in [0.25, 0.3) is 0 Å². The largest absolute Gasteiger partial charge is 0.494 e. The molecule has 0 spiro atoms. The van der Waals surface area contributed by atoms with Crippen molar-refractivity contribution in [1.29, 1.82) is 0 Å². The van der Waals surface area contributed by atoms with Gasteiger partial charge in [0.15, 0.2) is 17.7 Å². The molecular weight excluding hydrogens is 316 g/mol. The minimum absolute atomic E-state index is 0.276. The van der Waals surface area contributed by atoms with Crippen LogP contribution in [0.15, 0.2) is 18.2 Å². The van der Waals surface area contributed by atoms with Crippen LogP contribution in [0.3, 0.4) is 0 Å². The Morgan fingerprint density at radius 2 is 1.40 bits per heavy atom. The number of benzene rings is 1.